The Morgan fingerprint density at radius 3 is 2.73 bits per heavy atom. The Balaban J connectivity index is 1.47. The highest BCUT2D eigenvalue weighted by Gasteiger charge is 2.81. The lowest BCUT2D eigenvalue weighted by molar-refractivity contribution is -0.170. The summed E-state index contributed by atoms with van der Waals surface area (Å²) in [7, 11) is 1.45. The normalized spacial score (nSPS) is 53.2. The Morgan fingerprint density at radius 2 is 2.03 bits per heavy atom. The second-order valence-electron chi connectivity index (χ2n) is 10.9. The molecule has 4 aliphatic carbocycles. The molecule has 9 atom stereocenters. The number of epoxide rings is 1. The zero-order valence-corrected chi connectivity index (χ0v) is 17.9. The molecule has 0 aromatic heterocycles. The minimum Gasteiger partial charge on any atom is -0.469 e. The number of methoxy groups -OCH3 is 1. The van der Waals surface area contributed by atoms with E-state index in [1.165, 1.54) is 7.11 Å². The van der Waals surface area contributed by atoms with Crippen LogP contribution in [0, 0.1) is 35.0 Å². The molecule has 3 unspecified atom stereocenters. The standard InChI is InChI=1S/C24H30O6/c1-12-8-14(25)9-13-10-15(21(27)28-3)20-16-4-6-23(7-5-18(26)30-23)22(16,2)11-17-24(20,29-17)19(12)13/h9,12,15-17,19-20H,4-8,10-11H2,1-3H3/t12-,15-,16?,17-,19?,20?,22+,23-,24+/m1/s1. The number of rotatable bonds is 1. The molecule has 3 saturated carbocycles. The molecule has 0 aromatic rings. The van der Waals surface area contributed by atoms with E-state index < -0.39 is 5.60 Å². The third-order valence-corrected chi connectivity index (χ3v) is 9.83. The van der Waals surface area contributed by atoms with Crippen LogP contribution in [-0.4, -0.2) is 42.1 Å². The number of carbonyl (C=O) groups is 3. The molecule has 5 fully saturated rings. The maximum atomic E-state index is 13.0. The zero-order valence-electron chi connectivity index (χ0n) is 17.9. The van der Waals surface area contributed by atoms with Gasteiger partial charge in [-0.05, 0) is 50.0 Å². The number of hydrogen-bond acceptors (Lipinski definition) is 6. The van der Waals surface area contributed by atoms with E-state index in [0.717, 1.165) is 31.3 Å². The summed E-state index contributed by atoms with van der Waals surface area (Å²) in [5.74, 6) is 0.254. The van der Waals surface area contributed by atoms with Gasteiger partial charge in [-0.25, -0.2) is 0 Å². The first-order valence-electron chi connectivity index (χ1n) is 11.5. The third kappa shape index (κ3) is 2.07. The largest absolute Gasteiger partial charge is 0.469 e. The summed E-state index contributed by atoms with van der Waals surface area (Å²) in [6.07, 6.45) is 6.89. The van der Waals surface area contributed by atoms with Crippen molar-refractivity contribution in [1.29, 1.82) is 0 Å². The Kier molecular flexibility index (Phi) is 3.65. The number of ketones is 1. The predicted molar refractivity (Wildman–Crippen MR) is 105 cm³/mol. The number of ether oxygens (including phenoxy) is 3. The van der Waals surface area contributed by atoms with Gasteiger partial charge < -0.3 is 14.2 Å². The van der Waals surface area contributed by atoms with Crippen molar-refractivity contribution in [2.45, 2.75) is 76.1 Å². The van der Waals surface area contributed by atoms with E-state index in [4.69, 9.17) is 14.2 Å². The first kappa shape index (κ1) is 19.0. The number of hydrogen-bond donors (Lipinski definition) is 0. The van der Waals surface area contributed by atoms with Crippen LogP contribution in [0.25, 0.3) is 0 Å². The van der Waals surface area contributed by atoms with Crippen molar-refractivity contribution in [1.82, 2.24) is 0 Å². The van der Waals surface area contributed by atoms with Gasteiger partial charge in [0.05, 0.1) is 19.1 Å². The van der Waals surface area contributed by atoms with Gasteiger partial charge in [-0.3, -0.25) is 14.4 Å². The van der Waals surface area contributed by atoms with Gasteiger partial charge in [0.25, 0.3) is 0 Å². The van der Waals surface area contributed by atoms with E-state index >= 15 is 0 Å². The molecule has 2 spiro atoms. The second kappa shape index (κ2) is 5.76. The first-order chi connectivity index (χ1) is 14.3. The van der Waals surface area contributed by atoms with Crippen LogP contribution < -0.4 is 0 Å². The smallest absolute Gasteiger partial charge is 0.309 e. The van der Waals surface area contributed by atoms with E-state index in [1.54, 1.807) is 6.08 Å². The van der Waals surface area contributed by atoms with Crippen molar-refractivity contribution >= 4 is 17.7 Å². The van der Waals surface area contributed by atoms with Gasteiger partial charge in [0, 0.05) is 30.1 Å². The average Bonchev–Trinajstić information content (AvgIpc) is 3.12. The van der Waals surface area contributed by atoms with Gasteiger partial charge in [0.15, 0.2) is 5.78 Å². The summed E-state index contributed by atoms with van der Waals surface area (Å²) in [4.78, 5) is 37.4. The Morgan fingerprint density at radius 1 is 1.23 bits per heavy atom. The molecule has 30 heavy (non-hydrogen) atoms. The Hall–Kier alpha value is -1.69. The van der Waals surface area contributed by atoms with Gasteiger partial charge >= 0.3 is 11.9 Å². The molecule has 2 heterocycles. The topological polar surface area (TPSA) is 82.2 Å². The molecule has 162 valence electrons. The summed E-state index contributed by atoms with van der Waals surface area (Å²) in [5, 5.41) is 0. The van der Waals surface area contributed by atoms with Crippen LogP contribution in [0.5, 0.6) is 0 Å². The van der Waals surface area contributed by atoms with E-state index in [9.17, 15) is 14.4 Å². The number of carbonyl (C=O) groups excluding carboxylic acids is 3. The fourth-order valence-corrected chi connectivity index (χ4v) is 8.77. The molecular weight excluding hydrogens is 384 g/mol. The third-order valence-electron chi connectivity index (χ3n) is 9.83. The summed E-state index contributed by atoms with van der Waals surface area (Å²) < 4.78 is 17.9. The van der Waals surface area contributed by atoms with Crippen molar-refractivity contribution in [3.8, 4) is 0 Å². The zero-order chi connectivity index (χ0) is 21.1. The molecule has 2 saturated heterocycles. The fourth-order valence-electron chi connectivity index (χ4n) is 8.77. The average molecular weight is 414 g/mol. The van der Waals surface area contributed by atoms with Gasteiger partial charge in [0.1, 0.15) is 11.2 Å². The minimum atomic E-state index is -0.419. The first-order valence-corrected chi connectivity index (χ1v) is 11.5. The quantitative estimate of drug-likeness (QED) is 0.485. The molecular formula is C24H30O6. The molecule has 6 nitrogen and oxygen atoms in total. The SMILES string of the molecule is COC(=O)[C@@H]1CC2=CC(=O)C[C@@H](C)C2[C@@]23O[C@@H]2C[C@@]2(C)C(CC[C@@]24CCC(=O)O4)C13. The molecule has 0 bridgehead atoms. The minimum absolute atomic E-state index is 0.0465. The van der Waals surface area contributed by atoms with Crippen molar-refractivity contribution in [3.63, 3.8) is 0 Å². The Labute approximate surface area is 176 Å². The summed E-state index contributed by atoms with van der Waals surface area (Å²) >= 11 is 0. The van der Waals surface area contributed by atoms with E-state index in [2.05, 4.69) is 13.8 Å². The number of esters is 2. The van der Waals surface area contributed by atoms with E-state index in [1.807, 2.05) is 0 Å². The molecule has 2 aliphatic heterocycles. The molecule has 6 rings (SSSR count). The van der Waals surface area contributed by atoms with Crippen LogP contribution >= 0.6 is 0 Å². The summed E-state index contributed by atoms with van der Waals surface area (Å²) in [5.41, 5.74) is 0.103. The van der Waals surface area contributed by atoms with Gasteiger partial charge in [-0.1, -0.05) is 19.4 Å². The van der Waals surface area contributed by atoms with Crippen molar-refractivity contribution in [2.24, 2.45) is 35.0 Å². The molecule has 0 aromatic carbocycles. The van der Waals surface area contributed by atoms with Gasteiger partial charge in [-0.15, -0.1) is 0 Å². The van der Waals surface area contributed by atoms with Gasteiger partial charge in [0.2, 0.25) is 0 Å². The highest BCUT2D eigenvalue weighted by molar-refractivity contribution is 5.92. The highest BCUT2D eigenvalue weighted by atomic mass is 16.6. The lowest BCUT2D eigenvalue weighted by Crippen LogP contribution is -2.61. The maximum Gasteiger partial charge on any atom is 0.309 e. The van der Waals surface area contributed by atoms with Crippen LogP contribution in [0.15, 0.2) is 11.6 Å². The molecule has 6 aliphatic rings. The highest BCUT2D eigenvalue weighted by Crippen LogP contribution is 2.76. The monoisotopic (exact) mass is 414 g/mol. The maximum absolute atomic E-state index is 13.0. The summed E-state index contributed by atoms with van der Waals surface area (Å²) in [6, 6.07) is 0. The van der Waals surface area contributed by atoms with Crippen LogP contribution in [0.4, 0.5) is 0 Å². The summed E-state index contributed by atoms with van der Waals surface area (Å²) in [6.45, 7) is 4.42. The van der Waals surface area contributed by atoms with Gasteiger partial charge in [-0.2, -0.15) is 0 Å². The molecule has 0 amide bonds. The van der Waals surface area contributed by atoms with E-state index in [0.29, 0.717) is 19.3 Å². The molecule has 0 N–H and O–H groups in total. The lowest BCUT2D eigenvalue weighted by Gasteiger charge is -2.55. The number of fused-ring (bicyclic) bond motifs is 4. The van der Waals surface area contributed by atoms with Crippen LogP contribution in [-0.2, 0) is 28.6 Å². The van der Waals surface area contributed by atoms with Crippen molar-refractivity contribution in [2.75, 3.05) is 7.11 Å². The Bertz CT molecular complexity index is 892. The van der Waals surface area contributed by atoms with Crippen LogP contribution in [0.3, 0.4) is 0 Å². The van der Waals surface area contributed by atoms with Crippen molar-refractivity contribution < 1.29 is 28.6 Å². The van der Waals surface area contributed by atoms with Crippen molar-refractivity contribution in [3.05, 3.63) is 11.6 Å². The van der Waals surface area contributed by atoms with Crippen LogP contribution in [0.1, 0.15) is 58.8 Å². The molecule has 0 radical (unpaired) electrons. The second-order valence-corrected chi connectivity index (χ2v) is 10.9. The van der Waals surface area contributed by atoms with Crippen LogP contribution in [0.2, 0.25) is 0 Å². The fraction of sp³-hybridized carbons (Fsp3) is 0.792. The molecule has 6 heteroatoms. The van der Waals surface area contributed by atoms with E-state index in [-0.39, 0.29) is 64.4 Å². The lowest BCUT2D eigenvalue weighted by atomic mass is 9.46. The predicted octanol–water partition coefficient (Wildman–Crippen LogP) is 2.98.